The Labute approximate surface area is 105 Å². The van der Waals surface area contributed by atoms with Crippen molar-refractivity contribution >= 4 is 31.3 Å². The number of halogens is 1. The first-order valence-corrected chi connectivity index (χ1v) is 8.76. The van der Waals surface area contributed by atoms with Gasteiger partial charge in [-0.3, -0.25) is 0 Å². The van der Waals surface area contributed by atoms with E-state index in [1.54, 1.807) is 0 Å². The molecule has 7 heteroatoms. The van der Waals surface area contributed by atoms with Crippen molar-refractivity contribution in [3.63, 3.8) is 0 Å². The molecule has 0 saturated carbocycles. The van der Waals surface area contributed by atoms with Gasteiger partial charge < -0.3 is 0 Å². The molecular weight excluding hydrogens is 284 g/mol. The quantitative estimate of drug-likeness (QED) is 0.824. The largest absolute Gasteiger partial charge is 0.229 e. The molecule has 1 aliphatic heterocycles. The zero-order valence-electron chi connectivity index (χ0n) is 8.84. The second-order valence-electron chi connectivity index (χ2n) is 4.02. The summed E-state index contributed by atoms with van der Waals surface area (Å²) in [6.07, 6.45) is 0.174. The van der Waals surface area contributed by atoms with Crippen LogP contribution in [0.15, 0.2) is 29.2 Å². The lowest BCUT2D eigenvalue weighted by Crippen LogP contribution is -2.22. The van der Waals surface area contributed by atoms with Crippen molar-refractivity contribution in [2.75, 3.05) is 11.5 Å². The molecular formula is C10H11ClO4S2. The van der Waals surface area contributed by atoms with Gasteiger partial charge in [0, 0.05) is 5.02 Å². The normalized spacial score (nSPS) is 23.7. The predicted octanol–water partition coefficient (Wildman–Crippen LogP) is 1.30. The van der Waals surface area contributed by atoms with Gasteiger partial charge >= 0.3 is 0 Å². The Morgan fingerprint density at radius 2 is 1.76 bits per heavy atom. The molecule has 1 unspecified atom stereocenters. The van der Waals surface area contributed by atoms with Crippen LogP contribution >= 0.6 is 11.6 Å². The van der Waals surface area contributed by atoms with Gasteiger partial charge in [0.15, 0.2) is 19.7 Å². The minimum Gasteiger partial charge on any atom is -0.229 e. The first-order chi connectivity index (χ1) is 7.81. The van der Waals surface area contributed by atoms with E-state index in [2.05, 4.69) is 0 Å². The number of benzene rings is 1. The van der Waals surface area contributed by atoms with E-state index in [1.807, 2.05) is 0 Å². The SMILES string of the molecule is O=S1(=O)CCC(S(=O)(=O)c2ccc(Cl)cc2)C1. The molecule has 0 bridgehead atoms. The molecule has 0 N–H and O–H groups in total. The first-order valence-electron chi connectivity index (χ1n) is 5.01. The average Bonchev–Trinajstić information content (AvgIpc) is 2.60. The Morgan fingerprint density at radius 3 is 2.24 bits per heavy atom. The highest BCUT2D eigenvalue weighted by Gasteiger charge is 2.37. The predicted molar refractivity (Wildman–Crippen MR) is 65.7 cm³/mol. The standard InChI is InChI=1S/C10H11ClO4S2/c11-8-1-3-9(4-2-8)17(14,15)10-5-6-16(12,13)7-10/h1-4,10H,5-7H2. The molecule has 1 heterocycles. The van der Waals surface area contributed by atoms with Gasteiger partial charge in [0.2, 0.25) is 0 Å². The van der Waals surface area contributed by atoms with Crippen LogP contribution in [0, 0.1) is 0 Å². The van der Waals surface area contributed by atoms with E-state index in [0.717, 1.165) is 0 Å². The average molecular weight is 295 g/mol. The van der Waals surface area contributed by atoms with Crippen molar-refractivity contribution in [1.29, 1.82) is 0 Å². The van der Waals surface area contributed by atoms with Crippen molar-refractivity contribution in [1.82, 2.24) is 0 Å². The highest BCUT2D eigenvalue weighted by atomic mass is 35.5. The molecule has 1 fully saturated rings. The number of sulfone groups is 2. The number of hydrogen-bond acceptors (Lipinski definition) is 4. The maximum Gasteiger partial charge on any atom is 0.182 e. The van der Waals surface area contributed by atoms with Crippen LogP contribution in [-0.2, 0) is 19.7 Å². The monoisotopic (exact) mass is 294 g/mol. The second-order valence-corrected chi connectivity index (χ2v) is 8.92. The molecule has 0 radical (unpaired) electrons. The molecule has 0 aliphatic carbocycles. The highest BCUT2D eigenvalue weighted by molar-refractivity contribution is 7.96. The van der Waals surface area contributed by atoms with E-state index in [1.165, 1.54) is 24.3 Å². The van der Waals surface area contributed by atoms with Crippen LogP contribution in [0.3, 0.4) is 0 Å². The van der Waals surface area contributed by atoms with Crippen LogP contribution in [0.1, 0.15) is 6.42 Å². The third-order valence-electron chi connectivity index (χ3n) is 2.77. The van der Waals surface area contributed by atoms with Gasteiger partial charge in [-0.05, 0) is 30.7 Å². The Kier molecular flexibility index (Phi) is 3.22. The summed E-state index contributed by atoms with van der Waals surface area (Å²) in [5.41, 5.74) is 0. The molecule has 1 aliphatic rings. The van der Waals surface area contributed by atoms with Crippen LogP contribution in [0.25, 0.3) is 0 Å². The number of rotatable bonds is 2. The smallest absolute Gasteiger partial charge is 0.182 e. The molecule has 1 aromatic rings. The van der Waals surface area contributed by atoms with Crippen LogP contribution in [0.5, 0.6) is 0 Å². The summed E-state index contributed by atoms with van der Waals surface area (Å²) in [6, 6.07) is 5.78. The molecule has 1 saturated heterocycles. The Morgan fingerprint density at radius 1 is 1.18 bits per heavy atom. The summed E-state index contributed by atoms with van der Waals surface area (Å²) in [5, 5.41) is -0.378. The molecule has 1 aromatic carbocycles. The Bertz CT molecular complexity index is 617. The lowest BCUT2D eigenvalue weighted by Gasteiger charge is -2.09. The van der Waals surface area contributed by atoms with Crippen molar-refractivity contribution in [3.8, 4) is 0 Å². The fourth-order valence-electron chi connectivity index (χ4n) is 1.82. The van der Waals surface area contributed by atoms with Gasteiger partial charge in [0.1, 0.15) is 0 Å². The van der Waals surface area contributed by atoms with Gasteiger partial charge in [0.25, 0.3) is 0 Å². The van der Waals surface area contributed by atoms with Crippen molar-refractivity contribution in [2.45, 2.75) is 16.6 Å². The first kappa shape index (κ1) is 12.9. The fraction of sp³-hybridized carbons (Fsp3) is 0.400. The second kappa shape index (κ2) is 4.26. The Balaban J connectivity index is 2.35. The Hall–Kier alpha value is -0.590. The molecule has 1 atom stereocenters. The summed E-state index contributed by atoms with van der Waals surface area (Å²) in [4.78, 5) is 0.129. The third-order valence-corrected chi connectivity index (χ3v) is 7.21. The fourth-order valence-corrected chi connectivity index (χ4v) is 6.31. The van der Waals surface area contributed by atoms with E-state index in [4.69, 9.17) is 11.6 Å². The molecule has 0 spiro atoms. The summed E-state index contributed by atoms with van der Waals surface area (Å²) < 4.78 is 46.8. The van der Waals surface area contributed by atoms with E-state index in [9.17, 15) is 16.8 Å². The van der Waals surface area contributed by atoms with Crippen molar-refractivity contribution in [3.05, 3.63) is 29.3 Å². The zero-order chi connectivity index (χ0) is 12.7. The van der Waals surface area contributed by atoms with Crippen LogP contribution in [0.2, 0.25) is 5.02 Å². The number of hydrogen-bond donors (Lipinski definition) is 0. The highest BCUT2D eigenvalue weighted by Crippen LogP contribution is 2.26. The molecule has 0 amide bonds. The summed E-state index contributed by atoms with van der Waals surface area (Å²) in [7, 11) is -6.76. The lowest BCUT2D eigenvalue weighted by atomic mass is 10.4. The van der Waals surface area contributed by atoms with Gasteiger partial charge in [0.05, 0.1) is 21.7 Å². The molecule has 17 heavy (non-hydrogen) atoms. The van der Waals surface area contributed by atoms with Gasteiger partial charge in [-0.2, -0.15) is 0 Å². The zero-order valence-corrected chi connectivity index (χ0v) is 11.2. The van der Waals surface area contributed by atoms with Crippen LogP contribution in [-0.4, -0.2) is 33.6 Å². The third kappa shape index (κ3) is 2.64. The summed E-state index contributed by atoms with van der Waals surface area (Å²) in [5.74, 6) is -0.331. The lowest BCUT2D eigenvalue weighted by molar-refractivity contribution is 0.582. The van der Waals surface area contributed by atoms with E-state index < -0.39 is 24.9 Å². The molecule has 2 rings (SSSR count). The van der Waals surface area contributed by atoms with Gasteiger partial charge in [-0.1, -0.05) is 11.6 Å². The van der Waals surface area contributed by atoms with Gasteiger partial charge in [-0.25, -0.2) is 16.8 Å². The molecule has 0 aromatic heterocycles. The van der Waals surface area contributed by atoms with Crippen molar-refractivity contribution < 1.29 is 16.8 Å². The van der Waals surface area contributed by atoms with E-state index >= 15 is 0 Å². The van der Waals surface area contributed by atoms with Crippen LogP contribution in [0.4, 0.5) is 0 Å². The topological polar surface area (TPSA) is 68.3 Å². The minimum absolute atomic E-state index is 0.0511. The van der Waals surface area contributed by atoms with E-state index in [0.29, 0.717) is 5.02 Å². The van der Waals surface area contributed by atoms with Crippen molar-refractivity contribution in [2.24, 2.45) is 0 Å². The van der Waals surface area contributed by atoms with Gasteiger partial charge in [-0.15, -0.1) is 0 Å². The molecule has 94 valence electrons. The maximum atomic E-state index is 12.1. The summed E-state index contributed by atoms with van der Waals surface area (Å²) in [6.45, 7) is 0. The van der Waals surface area contributed by atoms with Crippen LogP contribution < -0.4 is 0 Å². The summed E-state index contributed by atoms with van der Waals surface area (Å²) >= 11 is 5.68. The molecule has 4 nitrogen and oxygen atoms in total. The minimum atomic E-state index is -3.56. The maximum absolute atomic E-state index is 12.1. The van der Waals surface area contributed by atoms with E-state index in [-0.39, 0.29) is 22.8 Å².